The third-order valence-electron chi connectivity index (χ3n) is 3.99. The molecule has 6 heteroatoms. The van der Waals surface area contributed by atoms with Crippen molar-refractivity contribution >= 4 is 27.0 Å². The molecule has 0 fully saturated rings. The van der Waals surface area contributed by atoms with Crippen LogP contribution in [0.3, 0.4) is 0 Å². The number of H-pyrrole nitrogens is 1. The molecule has 2 N–H and O–H groups in total. The zero-order valence-electron chi connectivity index (χ0n) is 15.3. The zero-order valence-corrected chi connectivity index (χ0v) is 16.9. The largest absolute Gasteiger partial charge is 0.493 e. The molecule has 5 nitrogen and oxygen atoms in total. The van der Waals surface area contributed by atoms with Crippen LogP contribution in [0.2, 0.25) is 0 Å². The highest BCUT2D eigenvalue weighted by Crippen LogP contribution is 2.34. The van der Waals surface area contributed by atoms with Crippen LogP contribution < -0.4 is 14.8 Å². The minimum Gasteiger partial charge on any atom is -0.493 e. The van der Waals surface area contributed by atoms with Gasteiger partial charge in [0, 0.05) is 24.0 Å². The number of nitrogens with one attached hydrogen (secondary N) is 2. The maximum Gasteiger partial charge on any atom is 0.162 e. The molecule has 138 valence electrons. The van der Waals surface area contributed by atoms with Gasteiger partial charge in [0.15, 0.2) is 11.5 Å². The molecule has 0 saturated carbocycles. The number of aromatic nitrogens is 2. The molecule has 0 aliphatic heterocycles. The van der Waals surface area contributed by atoms with Crippen molar-refractivity contribution in [3.63, 3.8) is 0 Å². The van der Waals surface area contributed by atoms with Crippen LogP contribution in [-0.4, -0.2) is 29.7 Å². The van der Waals surface area contributed by atoms with Crippen molar-refractivity contribution in [3.8, 4) is 11.5 Å². The van der Waals surface area contributed by atoms with Crippen molar-refractivity contribution in [2.24, 2.45) is 0 Å². The molecular weight excluding hydrogens is 394 g/mol. The molecule has 0 bridgehead atoms. The molecule has 0 aliphatic carbocycles. The zero-order chi connectivity index (χ0) is 18.5. The Morgan fingerprint density at radius 1 is 1.19 bits per heavy atom. The second-order valence-electron chi connectivity index (χ2n) is 6.39. The van der Waals surface area contributed by atoms with Gasteiger partial charge in [0.25, 0.3) is 0 Å². The lowest BCUT2D eigenvalue weighted by atomic mass is 10.2. The van der Waals surface area contributed by atoms with Crippen molar-refractivity contribution in [3.05, 3.63) is 52.3 Å². The number of aromatic amines is 1. The summed E-state index contributed by atoms with van der Waals surface area (Å²) in [6.07, 6.45) is 0.946. The Kier molecular flexibility index (Phi) is 6.16. The lowest BCUT2D eigenvalue weighted by molar-refractivity contribution is 0.230. The van der Waals surface area contributed by atoms with Gasteiger partial charge < -0.3 is 19.8 Å². The Balaban J connectivity index is 1.58. The third-order valence-corrected chi connectivity index (χ3v) is 4.73. The van der Waals surface area contributed by atoms with Crippen LogP contribution in [0, 0.1) is 0 Å². The predicted molar refractivity (Wildman–Crippen MR) is 108 cm³/mol. The molecule has 0 unspecified atom stereocenters. The second-order valence-corrected chi connectivity index (χ2v) is 7.24. The van der Waals surface area contributed by atoms with Gasteiger partial charge in [-0.25, -0.2) is 4.98 Å². The Bertz CT molecular complexity index is 844. The monoisotopic (exact) mass is 417 g/mol. The smallest absolute Gasteiger partial charge is 0.162 e. The highest BCUT2D eigenvalue weighted by Gasteiger charge is 2.11. The van der Waals surface area contributed by atoms with E-state index < -0.39 is 0 Å². The summed E-state index contributed by atoms with van der Waals surface area (Å²) in [6, 6.07) is 12.1. The summed E-state index contributed by atoms with van der Waals surface area (Å²) in [6.45, 7) is 5.57. The summed E-state index contributed by atoms with van der Waals surface area (Å²) in [5.74, 6) is 2.49. The van der Waals surface area contributed by atoms with E-state index in [2.05, 4.69) is 31.2 Å². The Morgan fingerprint density at radius 3 is 2.73 bits per heavy atom. The Hall–Kier alpha value is -2.05. The van der Waals surface area contributed by atoms with Gasteiger partial charge >= 0.3 is 0 Å². The van der Waals surface area contributed by atoms with Crippen molar-refractivity contribution in [2.45, 2.75) is 32.9 Å². The van der Waals surface area contributed by atoms with E-state index in [4.69, 9.17) is 9.47 Å². The molecule has 3 rings (SSSR count). The van der Waals surface area contributed by atoms with E-state index in [-0.39, 0.29) is 6.10 Å². The van der Waals surface area contributed by atoms with Crippen LogP contribution in [0.1, 0.15) is 25.2 Å². The number of imidazole rings is 1. The standard InChI is InChI=1S/C20H24BrN3O2/c1-13(2)26-19-11-15(21)14(10-18(19)25-3)12-22-9-8-20-23-16-6-4-5-7-17(16)24-20/h4-7,10-11,13,22H,8-9,12H2,1-3H3,(H,23,24). The predicted octanol–water partition coefficient (Wildman–Crippen LogP) is 4.45. The van der Waals surface area contributed by atoms with Gasteiger partial charge in [-0.2, -0.15) is 0 Å². The lowest BCUT2D eigenvalue weighted by Gasteiger charge is -2.16. The van der Waals surface area contributed by atoms with Gasteiger partial charge in [-0.05, 0) is 43.7 Å². The summed E-state index contributed by atoms with van der Waals surface area (Å²) in [7, 11) is 1.66. The Morgan fingerprint density at radius 2 is 2.00 bits per heavy atom. The van der Waals surface area contributed by atoms with Gasteiger partial charge in [0.05, 0.1) is 24.2 Å². The molecule has 2 aromatic carbocycles. The molecule has 0 amide bonds. The minimum absolute atomic E-state index is 0.101. The minimum atomic E-state index is 0.101. The number of benzene rings is 2. The number of ether oxygens (including phenoxy) is 2. The van der Waals surface area contributed by atoms with Crippen LogP contribution in [0.4, 0.5) is 0 Å². The summed E-state index contributed by atoms with van der Waals surface area (Å²) >= 11 is 3.63. The highest BCUT2D eigenvalue weighted by molar-refractivity contribution is 9.10. The first-order valence-electron chi connectivity index (χ1n) is 8.74. The summed E-state index contributed by atoms with van der Waals surface area (Å²) < 4.78 is 12.3. The highest BCUT2D eigenvalue weighted by atomic mass is 79.9. The molecule has 0 atom stereocenters. The molecule has 0 spiro atoms. The summed E-state index contributed by atoms with van der Waals surface area (Å²) in [5.41, 5.74) is 3.22. The number of nitrogens with zero attached hydrogens (tertiary/aromatic N) is 1. The number of hydrogen-bond donors (Lipinski definition) is 2. The quantitative estimate of drug-likeness (QED) is 0.531. The van der Waals surface area contributed by atoms with Crippen molar-refractivity contribution < 1.29 is 9.47 Å². The van der Waals surface area contributed by atoms with E-state index in [0.29, 0.717) is 0 Å². The van der Waals surface area contributed by atoms with Gasteiger partial charge in [0.1, 0.15) is 5.82 Å². The second kappa shape index (κ2) is 8.56. The van der Waals surface area contributed by atoms with Crippen LogP contribution >= 0.6 is 15.9 Å². The topological polar surface area (TPSA) is 59.2 Å². The number of fused-ring (bicyclic) bond motifs is 1. The normalized spacial score (nSPS) is 11.3. The van der Waals surface area contributed by atoms with E-state index in [9.17, 15) is 0 Å². The average Bonchev–Trinajstić information content (AvgIpc) is 3.02. The first-order valence-corrected chi connectivity index (χ1v) is 9.53. The van der Waals surface area contributed by atoms with Crippen LogP contribution in [0.15, 0.2) is 40.9 Å². The molecule has 26 heavy (non-hydrogen) atoms. The SMILES string of the molecule is COc1cc(CNCCc2nc3ccccc3[nH]2)c(Br)cc1OC(C)C. The first-order chi connectivity index (χ1) is 12.6. The molecular formula is C20H24BrN3O2. The van der Waals surface area contributed by atoms with Crippen LogP contribution in [-0.2, 0) is 13.0 Å². The number of para-hydroxylation sites is 2. The van der Waals surface area contributed by atoms with Crippen molar-refractivity contribution in [1.82, 2.24) is 15.3 Å². The van der Waals surface area contributed by atoms with Crippen molar-refractivity contribution in [2.75, 3.05) is 13.7 Å². The van der Waals surface area contributed by atoms with Gasteiger partial charge in [0.2, 0.25) is 0 Å². The molecule has 1 heterocycles. The Labute approximate surface area is 162 Å². The maximum absolute atomic E-state index is 5.80. The fourth-order valence-corrected chi connectivity index (χ4v) is 3.23. The fourth-order valence-electron chi connectivity index (χ4n) is 2.77. The van der Waals surface area contributed by atoms with Gasteiger partial charge in [-0.1, -0.05) is 28.1 Å². The van der Waals surface area contributed by atoms with E-state index in [1.165, 1.54) is 0 Å². The number of methoxy groups -OCH3 is 1. The number of hydrogen-bond acceptors (Lipinski definition) is 4. The molecule has 0 saturated heterocycles. The van der Waals surface area contributed by atoms with Crippen LogP contribution in [0.5, 0.6) is 11.5 Å². The van der Waals surface area contributed by atoms with E-state index >= 15 is 0 Å². The molecule has 0 radical (unpaired) electrons. The first kappa shape index (κ1) is 18.7. The van der Waals surface area contributed by atoms with Gasteiger partial charge in [-0.15, -0.1) is 0 Å². The number of halogens is 1. The van der Waals surface area contributed by atoms with Crippen LogP contribution in [0.25, 0.3) is 11.0 Å². The molecule has 1 aromatic heterocycles. The van der Waals surface area contributed by atoms with E-state index in [1.807, 2.05) is 50.2 Å². The molecule has 0 aliphatic rings. The summed E-state index contributed by atoms with van der Waals surface area (Å²) in [5, 5.41) is 3.46. The fraction of sp³-hybridized carbons (Fsp3) is 0.350. The third kappa shape index (κ3) is 4.56. The van der Waals surface area contributed by atoms with Crippen molar-refractivity contribution in [1.29, 1.82) is 0 Å². The van der Waals surface area contributed by atoms with E-state index in [0.717, 1.165) is 57.9 Å². The maximum atomic E-state index is 5.80. The number of rotatable bonds is 8. The van der Waals surface area contributed by atoms with Gasteiger partial charge in [-0.3, -0.25) is 0 Å². The average molecular weight is 418 g/mol. The lowest BCUT2D eigenvalue weighted by Crippen LogP contribution is -2.17. The molecule has 3 aromatic rings. The summed E-state index contributed by atoms with van der Waals surface area (Å²) in [4.78, 5) is 7.95. The van der Waals surface area contributed by atoms with E-state index in [1.54, 1.807) is 7.11 Å².